The Morgan fingerprint density at radius 1 is 0.217 bits per heavy atom. The van der Waals surface area contributed by atoms with E-state index in [0.29, 0.717) is 0 Å². The first-order valence-corrected chi connectivity index (χ1v) is 47.8. The highest BCUT2D eigenvalue weighted by Crippen LogP contribution is 2.54. The van der Waals surface area contributed by atoms with Crippen molar-refractivity contribution >= 4 is 7.32 Å². The molecule has 0 saturated heterocycles. The number of halogens is 15. The summed E-state index contributed by atoms with van der Waals surface area (Å²) in [4.78, 5) is 5.18. The van der Waals surface area contributed by atoms with E-state index in [-0.39, 0.29) is 6.07 Å². The number of hydrogen-bond donors (Lipinski definition) is 3. The maximum absolute atomic E-state index is 15.0. The van der Waals surface area contributed by atoms with Gasteiger partial charge in [-0.05, 0) is 72.0 Å². The maximum Gasteiger partial charge on any atom is 0.707 e. The molecule has 0 unspecified atom stereocenters. The lowest BCUT2D eigenvalue weighted by Crippen LogP contribution is -2.21. The molecule has 0 saturated carbocycles. The zero-order valence-corrected chi connectivity index (χ0v) is 75.1. The van der Waals surface area contributed by atoms with Crippen molar-refractivity contribution in [1.29, 1.82) is 0 Å². The Labute approximate surface area is 716 Å². The summed E-state index contributed by atoms with van der Waals surface area (Å²) < 4.78 is 219. The molecule has 692 valence electrons. The predicted octanol–water partition coefficient (Wildman–Crippen LogP) is 33.7. The van der Waals surface area contributed by atoms with E-state index in [1.54, 1.807) is 0 Å². The van der Waals surface area contributed by atoms with Crippen molar-refractivity contribution < 1.29 is 85.7 Å². The van der Waals surface area contributed by atoms with Crippen LogP contribution in [0.2, 0.25) is 0 Å². The van der Waals surface area contributed by atoms with E-state index in [4.69, 9.17) is 0 Å². The molecule has 0 aliphatic heterocycles. The highest BCUT2D eigenvalue weighted by atomic mass is 19.2. The first-order chi connectivity index (χ1) is 58.0. The first kappa shape index (κ1) is 111. The summed E-state index contributed by atoms with van der Waals surface area (Å²) in [5.74, 6) is -47.9. The molecule has 120 heavy (non-hydrogen) atoms. The summed E-state index contributed by atoms with van der Waals surface area (Å²) in [6, 6.07) is -0.310. The number of rotatable bonds is 73. The second-order valence-corrected chi connectivity index (χ2v) is 34.1. The third kappa shape index (κ3) is 46.5. The summed E-state index contributed by atoms with van der Waals surface area (Å²) in [7, 11) is 1.35. The van der Waals surface area contributed by atoms with Gasteiger partial charge >= 0.3 is 7.32 Å². The Kier molecular flexibility index (Phi) is 66.4. The molecular weight excluding hydrogens is 1560 g/mol. The molecule has 4 aromatic carbocycles. The minimum Gasteiger partial charge on any atom is -0.511 e. The third-order valence-corrected chi connectivity index (χ3v) is 23.5. The van der Waals surface area contributed by atoms with Crippen LogP contribution in [0.15, 0.2) is 6.07 Å². The summed E-state index contributed by atoms with van der Waals surface area (Å²) >= 11 is 0. The highest BCUT2D eigenvalue weighted by molar-refractivity contribution is 6.34. The van der Waals surface area contributed by atoms with Gasteiger partial charge in [0.25, 0.3) is 0 Å². The average molecular weight is 1720 g/mol. The summed E-state index contributed by atoms with van der Waals surface area (Å²) in [5, 5.41) is 29.4. The van der Waals surface area contributed by atoms with E-state index in [9.17, 15) is 81.0 Å². The molecule has 4 rings (SSSR count). The molecule has 0 atom stereocenters. The van der Waals surface area contributed by atoms with E-state index in [0.717, 1.165) is 0 Å². The van der Waals surface area contributed by atoms with Gasteiger partial charge in [-0.1, -0.05) is 413 Å². The Morgan fingerprint density at radius 3 is 0.542 bits per heavy atom. The third-order valence-electron chi connectivity index (χ3n) is 23.5. The normalized spacial score (nSPS) is 11.6. The number of benzene rings is 4. The topological polar surface area (TPSA) is 76.4 Å². The molecule has 0 aromatic heterocycles. The zero-order chi connectivity index (χ0) is 88.5. The number of phenolic OH excluding ortho intramolecular Hbond substituents is 1. The molecule has 22 heteroatoms. The molecule has 0 aliphatic rings. The quantitative estimate of drug-likeness (QED) is 0.0134. The fraction of sp³-hybridized carbons (Fsp3) is 0.755. The Bertz CT molecular complexity index is 3030. The molecule has 0 fully saturated rings. The van der Waals surface area contributed by atoms with Gasteiger partial charge in [-0.2, -0.15) is 0 Å². The van der Waals surface area contributed by atoms with Crippen LogP contribution in [-0.4, -0.2) is 72.5 Å². The van der Waals surface area contributed by atoms with Crippen molar-refractivity contribution in [1.82, 2.24) is 9.80 Å². The molecule has 0 spiro atoms. The van der Waals surface area contributed by atoms with Gasteiger partial charge in [-0.15, -0.1) is 0 Å². The van der Waals surface area contributed by atoms with Crippen molar-refractivity contribution in [3.63, 3.8) is 0 Å². The lowest BCUT2D eigenvalue weighted by atomic mass is 9.86. The van der Waals surface area contributed by atoms with Crippen molar-refractivity contribution in [3.05, 3.63) is 93.3 Å². The van der Waals surface area contributed by atoms with Crippen LogP contribution in [0, 0.1) is 87.3 Å². The van der Waals surface area contributed by atoms with Gasteiger partial charge in [-0.3, -0.25) is 0 Å². The monoisotopic (exact) mass is 1720 g/mol. The van der Waals surface area contributed by atoms with Crippen LogP contribution in [0.4, 0.5) is 65.9 Å². The molecule has 4 aromatic rings. The van der Waals surface area contributed by atoms with Crippen LogP contribution in [0.5, 0.6) is 11.5 Å². The minimum atomic E-state index is -3.34. The van der Waals surface area contributed by atoms with Crippen LogP contribution < -0.4 is 4.65 Å². The second kappa shape index (κ2) is 71.5. The molecule has 6 nitrogen and oxygen atoms in total. The van der Waals surface area contributed by atoms with Crippen LogP contribution in [0.25, 0.3) is 33.4 Å². The molecule has 0 heterocycles. The van der Waals surface area contributed by atoms with Gasteiger partial charge in [-0.25, -0.2) is 65.9 Å². The van der Waals surface area contributed by atoms with E-state index >= 15 is 0 Å². The van der Waals surface area contributed by atoms with Gasteiger partial charge < -0.3 is 29.6 Å². The number of phenols is 1. The van der Waals surface area contributed by atoms with E-state index < -0.39 is 139 Å². The number of nitrogens with zero attached hydrogens (tertiary/aromatic N) is 2. The summed E-state index contributed by atoms with van der Waals surface area (Å²) in [6.45, 7) is 14.5. The number of hydrogen-bond acceptors (Lipinski definition) is 6. The average Bonchev–Trinajstić information content (AvgIpc) is 0.721. The molecule has 0 aliphatic carbocycles. The van der Waals surface area contributed by atoms with Crippen molar-refractivity contribution in [2.75, 3.05) is 40.3 Å². The lowest BCUT2D eigenvalue weighted by Gasteiger charge is -2.23. The van der Waals surface area contributed by atoms with Gasteiger partial charge in [0, 0.05) is 16.7 Å². The van der Waals surface area contributed by atoms with Crippen molar-refractivity contribution in [3.8, 4) is 44.9 Å². The Balaban J connectivity index is 0.000000613. The van der Waals surface area contributed by atoms with Gasteiger partial charge in [0.05, 0.1) is 16.7 Å². The smallest absolute Gasteiger partial charge is 0.511 e. The highest BCUT2D eigenvalue weighted by Gasteiger charge is 2.39. The van der Waals surface area contributed by atoms with E-state index in [1.807, 2.05) is 0 Å². The van der Waals surface area contributed by atoms with E-state index in [2.05, 4.69) is 56.2 Å². The van der Waals surface area contributed by atoms with Crippen molar-refractivity contribution in [2.45, 2.75) is 439 Å². The Morgan fingerprint density at radius 2 is 0.367 bits per heavy atom. The first-order valence-electron chi connectivity index (χ1n) is 47.8. The van der Waals surface area contributed by atoms with Crippen LogP contribution in [-0.2, 0) is 0 Å². The fourth-order valence-electron chi connectivity index (χ4n) is 16.0. The minimum absolute atomic E-state index is 0.310. The summed E-state index contributed by atoms with van der Waals surface area (Å²) in [6.07, 6.45) is 93.6. The van der Waals surface area contributed by atoms with Gasteiger partial charge in [0.15, 0.2) is 69.8 Å². The Hall–Kier alpha value is -4.67. The molecule has 0 radical (unpaired) electrons. The molecular formula is C98H158BF15N2O4. The van der Waals surface area contributed by atoms with Gasteiger partial charge in [0.2, 0.25) is 17.5 Å². The van der Waals surface area contributed by atoms with Crippen molar-refractivity contribution in [2.24, 2.45) is 0 Å². The largest absolute Gasteiger partial charge is 0.707 e. The van der Waals surface area contributed by atoms with Crippen LogP contribution in [0.3, 0.4) is 0 Å². The SMILES string of the molecule is CCCCCCCCCCCCCCCCCCN(C)CCCCCCCCCCCCCCCCCC.CCCCCCCCCCCCCCCCCCN(C)CCCCCCCCCCCCCCCCCC.OB(O)Oc1cc(-c2c(F)c(F)c(F)c(F)c2F)c(O)c(-c2c(F)c(F)c(F)c(F)c2F)c1-c1c(F)c(F)c(F)c(F)c1F. The molecule has 0 amide bonds. The predicted molar refractivity (Wildman–Crippen MR) is 468 cm³/mol. The number of aromatic hydroxyl groups is 1. The maximum atomic E-state index is 15.0. The van der Waals surface area contributed by atoms with E-state index in [1.165, 1.54) is 437 Å². The fourth-order valence-corrected chi connectivity index (χ4v) is 16.0. The molecule has 3 N–H and O–H groups in total. The lowest BCUT2D eigenvalue weighted by molar-refractivity contribution is 0.288. The van der Waals surface area contributed by atoms with Crippen LogP contribution in [0.1, 0.15) is 439 Å². The summed E-state index contributed by atoms with van der Waals surface area (Å²) in [5.41, 5.74) is -13.8. The number of unbranched alkanes of at least 4 members (excludes halogenated alkanes) is 60. The zero-order valence-electron chi connectivity index (χ0n) is 75.1. The van der Waals surface area contributed by atoms with Gasteiger partial charge in [0.1, 0.15) is 11.5 Å². The second-order valence-electron chi connectivity index (χ2n) is 34.1. The van der Waals surface area contributed by atoms with Crippen LogP contribution >= 0.6 is 0 Å². The molecule has 0 bridgehead atoms. The standard InChI is InChI=1S/2C37H77N.C24H4BF15O4/c2*1-4-6-8-10-12-14-16-18-20-22-24-26-28-30-32-34-36-38(3)37-35-33-31-29-27-25-23-21-19-17-15-13-11-9-7-5-2;26-9-4(10(27)16(33)21(38)15(9)32)2-1-3(44-25(42)43)5(7-11(28)17(34)22(39)18(35)12(7)29)6(24(2)41)8-13(30)19(36)23(40)20(37)14(8)31/h2*4-37H2,1-3H3;1,41-43H.